The van der Waals surface area contributed by atoms with Crippen LogP contribution in [0.25, 0.3) is 0 Å². The molecule has 1 aliphatic heterocycles. The van der Waals surface area contributed by atoms with Gasteiger partial charge in [0, 0.05) is 79.3 Å². The summed E-state index contributed by atoms with van der Waals surface area (Å²) in [5.41, 5.74) is 0. The van der Waals surface area contributed by atoms with Crippen LogP contribution in [-0.4, -0.2) is 134 Å². The molecule has 24 heteroatoms. The van der Waals surface area contributed by atoms with E-state index >= 15 is 0 Å². The van der Waals surface area contributed by atoms with Crippen LogP contribution >= 0.6 is 0 Å². The first-order valence-electron chi connectivity index (χ1n) is 16.8. The molecule has 48 heavy (non-hydrogen) atoms. The van der Waals surface area contributed by atoms with E-state index in [4.69, 9.17) is 77.8 Å². The predicted octanol–water partition coefficient (Wildman–Crippen LogP) is 3.15. The molecule has 1 fully saturated rings. The zero-order valence-electron chi connectivity index (χ0n) is 30.8. The smallest absolute Gasteiger partial charge is 0.352 e. The molecule has 0 saturated carbocycles. The molecule has 1 saturated heterocycles. The Kier molecular flexibility index (Phi) is 22.6. The van der Waals surface area contributed by atoms with Crippen LogP contribution in [0.1, 0.15) is 83.1 Å². The quantitative estimate of drug-likeness (QED) is 0.131. The van der Waals surface area contributed by atoms with Gasteiger partial charge in [-0.1, -0.05) is 0 Å². The van der Waals surface area contributed by atoms with E-state index in [0.717, 1.165) is 0 Å². The molecule has 1 aliphatic rings. The average Bonchev–Trinajstić information content (AvgIpc) is 2.98. The predicted molar refractivity (Wildman–Crippen MR) is 181 cm³/mol. The molecule has 0 spiro atoms. The lowest BCUT2D eigenvalue weighted by Crippen LogP contribution is -2.76. The fourth-order valence-electron chi connectivity index (χ4n) is 4.12. The molecule has 0 aromatic rings. The Morgan fingerprint density at radius 2 is 0.292 bits per heavy atom. The first-order valence-corrected chi connectivity index (χ1v) is 26.6. The molecule has 0 unspecified atom stereocenters. The first-order chi connectivity index (χ1) is 23.0. The molecular formula is C24H60O18Si6. The van der Waals surface area contributed by atoms with E-state index in [-0.39, 0.29) is 79.3 Å². The molecule has 0 aliphatic carbocycles. The summed E-state index contributed by atoms with van der Waals surface area (Å²) in [7, 11) is -27.2. The standard InChI is InChI=1S/C24H60O18Si6/c1-13-25-43(26-14-2)37-44(27-15-3,28-16-4)39-46(31-19-7,32-20-8)41-48(35-23-11,36-24-12)42-47(33-21-9,34-22-10)40-45(38-43,29-17-5)30-18-6/h13-24H2,1-12H3. The average molecular weight is 805 g/mol. The maximum absolute atomic E-state index is 6.69. The number of hydrogen-bond donors (Lipinski definition) is 0. The Labute approximate surface area is 293 Å². The Balaban J connectivity index is 4.47. The summed E-state index contributed by atoms with van der Waals surface area (Å²) in [4.78, 5) is 0. The first kappa shape index (κ1) is 46.6. The zero-order valence-corrected chi connectivity index (χ0v) is 36.8. The molecule has 0 atom stereocenters. The van der Waals surface area contributed by atoms with Crippen molar-refractivity contribution in [2.45, 2.75) is 83.1 Å². The Morgan fingerprint density at radius 1 is 0.208 bits per heavy atom. The van der Waals surface area contributed by atoms with E-state index in [1.165, 1.54) is 0 Å². The topological polar surface area (TPSA) is 166 Å². The van der Waals surface area contributed by atoms with Gasteiger partial charge in [0.1, 0.15) is 0 Å². The van der Waals surface area contributed by atoms with Crippen molar-refractivity contribution in [1.29, 1.82) is 0 Å². The van der Waals surface area contributed by atoms with Gasteiger partial charge < -0.3 is 77.8 Å². The Hall–Kier alpha value is 0.581. The second kappa shape index (κ2) is 23.3. The Morgan fingerprint density at radius 3 is 0.354 bits per heavy atom. The van der Waals surface area contributed by atoms with Crippen LogP contribution in [0.5, 0.6) is 0 Å². The second-order valence-electron chi connectivity index (χ2n) is 8.81. The summed E-state index contributed by atoms with van der Waals surface area (Å²) in [5, 5.41) is 0. The highest BCUT2D eigenvalue weighted by Crippen LogP contribution is 2.36. The Bertz CT molecular complexity index is 623. The van der Waals surface area contributed by atoms with Crippen molar-refractivity contribution in [2.24, 2.45) is 0 Å². The van der Waals surface area contributed by atoms with Gasteiger partial charge in [-0.2, -0.15) is 0 Å². The lowest BCUT2D eigenvalue weighted by Gasteiger charge is -2.45. The van der Waals surface area contributed by atoms with Crippen LogP contribution in [0.4, 0.5) is 0 Å². The van der Waals surface area contributed by atoms with Crippen molar-refractivity contribution in [3.63, 3.8) is 0 Å². The monoisotopic (exact) mass is 804 g/mol. The lowest BCUT2D eigenvalue weighted by atomic mass is 10.9. The van der Waals surface area contributed by atoms with E-state index < -0.39 is 54.3 Å². The molecule has 1 rings (SSSR count). The van der Waals surface area contributed by atoms with Gasteiger partial charge in [-0.15, -0.1) is 0 Å². The summed E-state index contributed by atoms with van der Waals surface area (Å²) in [6, 6.07) is 0. The summed E-state index contributed by atoms with van der Waals surface area (Å²) >= 11 is 0. The zero-order chi connectivity index (χ0) is 36.2. The molecule has 0 bridgehead atoms. The molecule has 1 heterocycles. The highest BCUT2D eigenvalue weighted by molar-refractivity contribution is 6.83. The SMILES string of the molecule is CCO[Si]1(OCC)O[Si](OCC)(OCC)O[Si](OCC)(OCC)O[Si](OCC)(OCC)O[Si](OCC)(OCC)O[Si](OCC)(OCC)O1. The molecule has 0 aromatic heterocycles. The van der Waals surface area contributed by atoms with Crippen molar-refractivity contribution < 1.29 is 77.8 Å². The fourth-order valence-corrected chi connectivity index (χ4v) is 25.1. The van der Waals surface area contributed by atoms with E-state index in [1.807, 2.05) is 0 Å². The van der Waals surface area contributed by atoms with Crippen molar-refractivity contribution >= 4 is 54.3 Å². The molecule has 0 N–H and O–H groups in total. The lowest BCUT2D eigenvalue weighted by molar-refractivity contribution is -0.105. The van der Waals surface area contributed by atoms with E-state index in [9.17, 15) is 0 Å². The number of hydrogen-bond acceptors (Lipinski definition) is 18. The molecule has 288 valence electrons. The van der Waals surface area contributed by atoms with Crippen molar-refractivity contribution in [2.75, 3.05) is 79.3 Å². The minimum absolute atomic E-state index is 0.0639. The third-order valence-corrected chi connectivity index (χ3v) is 25.1. The van der Waals surface area contributed by atoms with Gasteiger partial charge in [0.2, 0.25) is 0 Å². The molecular weight excluding hydrogens is 745 g/mol. The van der Waals surface area contributed by atoms with E-state index in [0.29, 0.717) is 0 Å². The molecule has 0 aromatic carbocycles. The van der Waals surface area contributed by atoms with E-state index in [1.54, 1.807) is 83.1 Å². The summed E-state index contributed by atoms with van der Waals surface area (Å²) < 4.78 is 115. The number of rotatable bonds is 24. The van der Waals surface area contributed by atoms with Gasteiger partial charge in [0.05, 0.1) is 0 Å². The highest BCUT2D eigenvalue weighted by Gasteiger charge is 2.75. The summed E-state index contributed by atoms with van der Waals surface area (Å²) in [5.74, 6) is 0. The largest absolute Gasteiger partial charge is 0.668 e. The second-order valence-corrected chi connectivity index (χ2v) is 23.2. The molecule has 18 nitrogen and oxygen atoms in total. The van der Waals surface area contributed by atoms with Gasteiger partial charge in [-0.3, -0.25) is 0 Å². The van der Waals surface area contributed by atoms with Gasteiger partial charge in [-0.05, 0) is 83.1 Å². The summed E-state index contributed by atoms with van der Waals surface area (Å²) in [6.07, 6.45) is 0. The van der Waals surface area contributed by atoms with Crippen LogP contribution in [0.3, 0.4) is 0 Å². The van der Waals surface area contributed by atoms with Crippen LogP contribution in [0.15, 0.2) is 0 Å². The van der Waals surface area contributed by atoms with Crippen LogP contribution in [0, 0.1) is 0 Å². The van der Waals surface area contributed by atoms with Crippen LogP contribution in [-0.2, 0) is 77.8 Å². The van der Waals surface area contributed by atoms with Crippen molar-refractivity contribution in [3.05, 3.63) is 0 Å². The van der Waals surface area contributed by atoms with Crippen LogP contribution in [0.2, 0.25) is 0 Å². The van der Waals surface area contributed by atoms with Crippen molar-refractivity contribution in [3.8, 4) is 0 Å². The van der Waals surface area contributed by atoms with Crippen LogP contribution < -0.4 is 0 Å². The minimum atomic E-state index is -4.53. The van der Waals surface area contributed by atoms with Gasteiger partial charge in [0.15, 0.2) is 0 Å². The molecule has 0 amide bonds. The third-order valence-electron chi connectivity index (χ3n) is 5.35. The van der Waals surface area contributed by atoms with E-state index in [2.05, 4.69) is 0 Å². The van der Waals surface area contributed by atoms with Gasteiger partial charge in [-0.25, -0.2) is 0 Å². The maximum Gasteiger partial charge on any atom is 0.668 e. The van der Waals surface area contributed by atoms with Gasteiger partial charge in [0.25, 0.3) is 0 Å². The molecule has 0 radical (unpaired) electrons. The maximum atomic E-state index is 6.69. The van der Waals surface area contributed by atoms with Crippen molar-refractivity contribution in [1.82, 2.24) is 0 Å². The summed E-state index contributed by atoms with van der Waals surface area (Å²) in [6.45, 7) is 21.6. The van der Waals surface area contributed by atoms with Gasteiger partial charge >= 0.3 is 54.3 Å². The fraction of sp³-hybridized carbons (Fsp3) is 1.00. The normalized spacial score (nSPS) is 21.8. The minimum Gasteiger partial charge on any atom is -0.352 e. The third kappa shape index (κ3) is 13.5. The highest BCUT2D eigenvalue weighted by atomic mass is 28.6.